The van der Waals surface area contributed by atoms with Crippen molar-refractivity contribution in [3.05, 3.63) is 54.4 Å². The van der Waals surface area contributed by atoms with E-state index < -0.39 is 41.9 Å². The van der Waals surface area contributed by atoms with Crippen molar-refractivity contribution in [1.29, 1.82) is 0 Å². The smallest absolute Gasteiger partial charge is 0.308 e. The Morgan fingerprint density at radius 1 is 1.10 bits per heavy atom. The summed E-state index contributed by atoms with van der Waals surface area (Å²) in [6, 6.07) is 0. The van der Waals surface area contributed by atoms with Crippen LogP contribution in [0.1, 0.15) is 90.3 Å². The third kappa shape index (κ3) is 14.3. The molecule has 0 saturated heterocycles. The van der Waals surface area contributed by atoms with Gasteiger partial charge in [-0.1, -0.05) is 58.1 Å². The van der Waals surface area contributed by atoms with Crippen molar-refractivity contribution in [1.82, 2.24) is 9.88 Å². The average Bonchev–Trinajstić information content (AvgIpc) is 3.58. The number of hydrogen-bond acceptors (Lipinski definition) is 12. The Morgan fingerprint density at radius 2 is 1.81 bits per heavy atom. The van der Waals surface area contributed by atoms with Crippen LogP contribution in [0.25, 0.3) is 0 Å². The molecule has 9 unspecified atom stereocenters. The fourth-order valence-electron chi connectivity index (χ4n) is 6.19. The number of aromatic nitrogens is 1. The van der Waals surface area contributed by atoms with Crippen LogP contribution in [-0.4, -0.2) is 110 Å². The van der Waals surface area contributed by atoms with E-state index in [9.17, 15) is 24.6 Å². The number of carbonyl (C=O) groups excluding carboxylic acids is 3. The molecule has 0 radical (unpaired) electrons. The van der Waals surface area contributed by atoms with Crippen LogP contribution in [0.15, 0.2) is 47.3 Å². The van der Waals surface area contributed by atoms with Crippen LogP contribution in [0.5, 0.6) is 0 Å². The minimum Gasteiger partial charge on any atom is -0.462 e. The number of ether oxygens (including phenoxy) is 5. The van der Waals surface area contributed by atoms with Crippen LogP contribution in [0.3, 0.4) is 0 Å². The maximum absolute atomic E-state index is 13.4. The highest BCUT2D eigenvalue weighted by molar-refractivity contribution is 5.81. The summed E-state index contributed by atoms with van der Waals surface area (Å²) < 4.78 is 34.5. The quantitative estimate of drug-likeness (QED) is 0.174. The Bertz CT molecular complexity index is 1310. The van der Waals surface area contributed by atoms with E-state index in [0.29, 0.717) is 37.3 Å². The highest BCUT2D eigenvalue weighted by Crippen LogP contribution is 2.36. The highest BCUT2D eigenvalue weighted by Gasteiger charge is 2.42. The lowest BCUT2D eigenvalue weighted by Crippen LogP contribution is -2.46. The first-order chi connectivity index (χ1) is 24.7. The number of nitrogens with zero attached hydrogens (tertiary/aromatic N) is 2. The molecule has 1 aromatic rings. The number of Topliss-reactive ketones (excluding diaryl/α,β-unsaturated/α-hetero) is 1. The molecule has 0 aromatic carbocycles. The number of allylic oxidation sites excluding steroid dienone is 2. The molecule has 52 heavy (non-hydrogen) atoms. The summed E-state index contributed by atoms with van der Waals surface area (Å²) in [4.78, 5) is 43.4. The van der Waals surface area contributed by atoms with Gasteiger partial charge < -0.3 is 43.2 Å². The van der Waals surface area contributed by atoms with E-state index in [-0.39, 0.29) is 61.9 Å². The van der Waals surface area contributed by atoms with Crippen LogP contribution in [0.2, 0.25) is 0 Å². The van der Waals surface area contributed by atoms with Gasteiger partial charge in [0.05, 0.1) is 43.4 Å². The first-order valence-electron chi connectivity index (χ1n) is 18.0. The van der Waals surface area contributed by atoms with E-state index in [2.05, 4.69) is 4.98 Å². The second-order valence-electron chi connectivity index (χ2n) is 14.3. The number of rotatable bonds is 16. The normalized spacial score (nSPS) is 26.9. The van der Waals surface area contributed by atoms with Gasteiger partial charge in [-0.25, -0.2) is 4.98 Å². The summed E-state index contributed by atoms with van der Waals surface area (Å²) in [6.07, 6.45) is 10.5. The Labute approximate surface area is 309 Å². The minimum absolute atomic E-state index is 0.0368. The van der Waals surface area contributed by atoms with Crippen molar-refractivity contribution in [2.24, 2.45) is 17.3 Å². The zero-order valence-corrected chi connectivity index (χ0v) is 32.4. The number of methoxy groups -OCH3 is 4. The molecule has 1 aliphatic heterocycles. The molecule has 2 heterocycles. The van der Waals surface area contributed by atoms with Gasteiger partial charge in [-0.15, -0.1) is 0 Å². The molecule has 9 atom stereocenters. The molecule has 1 amide bonds. The zero-order chi connectivity index (χ0) is 38.8. The summed E-state index contributed by atoms with van der Waals surface area (Å²) in [6.45, 7) is 7.43. The SMILES string of the molecule is COC1/C=C/C=C\CC(OC)c2coc(n2)CC(O)C(C)(C)C(CC(OC)C(C)CCC(=O)C(C)C(C/C=C/N(C)C=O)OC)OC(=O)CC(O)C1. The maximum Gasteiger partial charge on any atom is 0.308 e. The van der Waals surface area contributed by atoms with Crippen LogP contribution in [-0.2, 0) is 44.5 Å². The number of oxazole rings is 1. The van der Waals surface area contributed by atoms with Crippen molar-refractivity contribution in [3.63, 3.8) is 0 Å². The van der Waals surface area contributed by atoms with E-state index in [1.807, 2.05) is 45.9 Å². The molecular formula is C39H62N2O11. The number of aliphatic hydroxyl groups excluding tert-OH is 2. The van der Waals surface area contributed by atoms with Gasteiger partial charge in [-0.2, -0.15) is 0 Å². The van der Waals surface area contributed by atoms with Crippen LogP contribution in [0, 0.1) is 17.3 Å². The van der Waals surface area contributed by atoms with Crippen molar-refractivity contribution >= 4 is 18.2 Å². The molecule has 1 aliphatic rings. The molecule has 0 saturated carbocycles. The average molecular weight is 735 g/mol. The van der Waals surface area contributed by atoms with E-state index in [1.54, 1.807) is 46.7 Å². The van der Waals surface area contributed by atoms with Crippen LogP contribution < -0.4 is 0 Å². The molecule has 13 nitrogen and oxygen atoms in total. The largest absolute Gasteiger partial charge is 0.462 e. The topological polar surface area (TPSA) is 167 Å². The zero-order valence-electron chi connectivity index (χ0n) is 32.4. The molecule has 0 spiro atoms. The second kappa shape index (κ2) is 22.8. The summed E-state index contributed by atoms with van der Waals surface area (Å²) in [7, 11) is 7.89. The number of hydrogen-bond donors (Lipinski definition) is 2. The molecule has 294 valence electrons. The molecule has 2 N–H and O–H groups in total. The van der Waals surface area contributed by atoms with Gasteiger partial charge in [0, 0.05) is 72.3 Å². The molecular weight excluding hydrogens is 672 g/mol. The van der Waals surface area contributed by atoms with Crippen molar-refractivity contribution in [2.45, 2.75) is 122 Å². The van der Waals surface area contributed by atoms with E-state index in [1.165, 1.54) is 18.3 Å². The van der Waals surface area contributed by atoms with Crippen molar-refractivity contribution in [2.75, 3.05) is 35.5 Å². The molecule has 0 fully saturated rings. The molecule has 0 aliphatic carbocycles. The highest BCUT2D eigenvalue weighted by atomic mass is 16.5. The molecule has 1 aromatic heterocycles. The fourth-order valence-corrected chi connectivity index (χ4v) is 6.19. The number of aliphatic hydroxyl groups is 2. The maximum atomic E-state index is 13.4. The van der Waals surface area contributed by atoms with Gasteiger partial charge in [0.25, 0.3) is 0 Å². The second-order valence-corrected chi connectivity index (χ2v) is 14.3. The van der Waals surface area contributed by atoms with Gasteiger partial charge in [0.2, 0.25) is 6.41 Å². The molecule has 2 rings (SSSR count). The number of fused-ring (bicyclic) bond motifs is 2. The van der Waals surface area contributed by atoms with E-state index in [4.69, 9.17) is 28.1 Å². The van der Waals surface area contributed by atoms with Gasteiger partial charge in [0.15, 0.2) is 5.89 Å². The Morgan fingerprint density at radius 3 is 2.44 bits per heavy atom. The fraction of sp³-hybridized carbons (Fsp3) is 0.692. The monoisotopic (exact) mass is 734 g/mol. The van der Waals surface area contributed by atoms with Crippen molar-refractivity contribution in [3.8, 4) is 0 Å². The third-order valence-electron chi connectivity index (χ3n) is 10.1. The standard InChI is InChI=1S/C39H62N2O11/c1-26(17-18-31(44)27(2)32(48-7)16-13-19-41(5)25-42)34(50-9)22-36-39(3,4)35(45)23-37-40-30(24-51-37)33(49-8)15-12-10-11-14-29(47-6)20-28(43)21-38(46)52-36/h10-14,19,24-29,32-36,43,45H,15-18,20-23H2,1-9H3/b12-10-,14-11+,19-13+. The summed E-state index contributed by atoms with van der Waals surface area (Å²) in [5, 5.41) is 22.4. The minimum atomic E-state index is -1.05. The van der Waals surface area contributed by atoms with E-state index >= 15 is 0 Å². The summed E-state index contributed by atoms with van der Waals surface area (Å²) >= 11 is 0. The van der Waals surface area contributed by atoms with Gasteiger partial charge in [-0.05, 0) is 25.2 Å². The Balaban J connectivity index is 2.29. The molecule has 13 heteroatoms. The predicted octanol–water partition coefficient (Wildman–Crippen LogP) is 4.91. The van der Waals surface area contributed by atoms with Crippen LogP contribution in [0.4, 0.5) is 0 Å². The Kier molecular flexibility index (Phi) is 19.7. The first kappa shape index (κ1) is 45.0. The number of esters is 1. The number of cyclic esters (lactones) is 1. The summed E-state index contributed by atoms with van der Waals surface area (Å²) in [5.74, 6) is -0.777. The first-order valence-corrected chi connectivity index (χ1v) is 18.0. The van der Waals surface area contributed by atoms with Crippen molar-refractivity contribution < 1.29 is 52.7 Å². The van der Waals surface area contributed by atoms with Gasteiger partial charge in [0.1, 0.15) is 29.9 Å². The molecule has 2 bridgehead atoms. The number of amides is 1. The predicted molar refractivity (Wildman–Crippen MR) is 195 cm³/mol. The third-order valence-corrected chi connectivity index (χ3v) is 10.1. The summed E-state index contributed by atoms with van der Waals surface area (Å²) in [5.41, 5.74) is -0.428. The number of ketones is 1. The van der Waals surface area contributed by atoms with Gasteiger partial charge >= 0.3 is 5.97 Å². The van der Waals surface area contributed by atoms with Crippen LogP contribution >= 0.6 is 0 Å². The Hall–Kier alpha value is -3.20. The van der Waals surface area contributed by atoms with E-state index in [0.717, 1.165) is 0 Å². The number of carbonyl (C=O) groups is 3. The lowest BCUT2D eigenvalue weighted by molar-refractivity contribution is -0.167. The van der Waals surface area contributed by atoms with Gasteiger partial charge in [-0.3, -0.25) is 14.4 Å². The lowest BCUT2D eigenvalue weighted by Gasteiger charge is -2.40. The lowest BCUT2D eigenvalue weighted by atomic mass is 9.75.